The summed E-state index contributed by atoms with van der Waals surface area (Å²) in [6.45, 7) is 4.00. The van der Waals surface area contributed by atoms with Crippen LogP contribution in [0, 0.1) is 0 Å². The summed E-state index contributed by atoms with van der Waals surface area (Å²) in [5.74, 6) is -0.497. The maximum Gasteiger partial charge on any atom is 0.328 e. The molecule has 1 saturated heterocycles. The average Bonchev–Trinajstić information content (AvgIpc) is 2.75. The molecule has 1 aromatic rings. The van der Waals surface area contributed by atoms with Crippen LogP contribution in [0.25, 0.3) is 6.08 Å². The number of hydrogen-bond donors (Lipinski definition) is 1. The number of piperidine rings is 1. The van der Waals surface area contributed by atoms with Gasteiger partial charge >= 0.3 is 5.97 Å². The van der Waals surface area contributed by atoms with Gasteiger partial charge in [0.2, 0.25) is 5.91 Å². The highest BCUT2D eigenvalue weighted by atomic mass is 16.5. The number of carbonyl (C=O) groups is 3. The summed E-state index contributed by atoms with van der Waals surface area (Å²) in [5.41, 5.74) is 0.828. The van der Waals surface area contributed by atoms with Crippen molar-refractivity contribution < 1.29 is 23.9 Å². The van der Waals surface area contributed by atoms with Gasteiger partial charge in [-0.1, -0.05) is 19.1 Å². The average molecular weight is 402 g/mol. The van der Waals surface area contributed by atoms with E-state index >= 15 is 0 Å². The zero-order chi connectivity index (χ0) is 21.2. The normalized spacial score (nSPS) is 17.6. The fourth-order valence-corrected chi connectivity index (χ4v) is 3.30. The zero-order valence-corrected chi connectivity index (χ0v) is 17.3. The Balaban J connectivity index is 1.77. The molecule has 1 fully saturated rings. The summed E-state index contributed by atoms with van der Waals surface area (Å²) in [4.78, 5) is 38.3. The summed E-state index contributed by atoms with van der Waals surface area (Å²) >= 11 is 0. The Kier molecular flexibility index (Phi) is 8.70. The van der Waals surface area contributed by atoms with Crippen molar-refractivity contribution in [3.63, 3.8) is 0 Å². The third-order valence-electron chi connectivity index (χ3n) is 5.01. The number of rotatable bonds is 8. The number of hydrogen-bond acceptors (Lipinski definition) is 5. The number of esters is 1. The van der Waals surface area contributed by atoms with Crippen LogP contribution >= 0.6 is 0 Å². The molecule has 7 nitrogen and oxygen atoms in total. The number of amides is 2. The quantitative estimate of drug-likeness (QED) is 0.534. The van der Waals surface area contributed by atoms with Gasteiger partial charge in [-0.15, -0.1) is 0 Å². The molecule has 0 bridgehead atoms. The SMILES string of the molecule is CC[C@H]1CCCCN1C(=O)COC(=O)[C@H](C)NC(=O)/C=C/c1ccc(OC)cc1. The van der Waals surface area contributed by atoms with Crippen molar-refractivity contribution in [3.05, 3.63) is 35.9 Å². The van der Waals surface area contributed by atoms with E-state index in [0.29, 0.717) is 6.54 Å². The molecule has 1 N–H and O–H groups in total. The van der Waals surface area contributed by atoms with Crippen LogP contribution in [0.2, 0.25) is 0 Å². The second-order valence-electron chi connectivity index (χ2n) is 7.09. The van der Waals surface area contributed by atoms with Crippen LogP contribution in [0.5, 0.6) is 5.75 Å². The highest BCUT2D eigenvalue weighted by molar-refractivity contribution is 5.94. The standard InChI is InChI=1S/C22H30N2O5/c1-4-18-7-5-6-14-24(18)21(26)15-29-22(27)16(2)23-20(25)13-10-17-8-11-19(28-3)12-9-17/h8-13,16,18H,4-7,14-15H2,1-3H3,(H,23,25)/b13-10+/t16-,18-/m0/s1. The molecule has 2 atom stereocenters. The van der Waals surface area contributed by atoms with Gasteiger partial charge in [0.05, 0.1) is 7.11 Å². The third-order valence-corrected chi connectivity index (χ3v) is 5.01. The van der Waals surface area contributed by atoms with E-state index in [2.05, 4.69) is 12.2 Å². The van der Waals surface area contributed by atoms with Crippen LogP contribution in [-0.2, 0) is 19.1 Å². The molecule has 0 spiro atoms. The van der Waals surface area contributed by atoms with E-state index in [1.54, 1.807) is 30.2 Å². The summed E-state index contributed by atoms with van der Waals surface area (Å²) in [7, 11) is 1.58. The minimum atomic E-state index is -0.848. The predicted octanol–water partition coefficient (Wildman–Crippen LogP) is 2.55. The van der Waals surface area contributed by atoms with E-state index < -0.39 is 17.9 Å². The van der Waals surface area contributed by atoms with Gasteiger partial charge in [0, 0.05) is 18.7 Å². The topological polar surface area (TPSA) is 84.9 Å². The van der Waals surface area contributed by atoms with Crippen molar-refractivity contribution in [3.8, 4) is 5.75 Å². The van der Waals surface area contributed by atoms with Gasteiger partial charge in [-0.25, -0.2) is 4.79 Å². The first-order valence-corrected chi connectivity index (χ1v) is 10.0. The van der Waals surface area contributed by atoms with Crippen LogP contribution in [0.3, 0.4) is 0 Å². The van der Waals surface area contributed by atoms with Gasteiger partial charge in [-0.2, -0.15) is 0 Å². The Labute approximate surface area is 172 Å². The molecule has 158 valence electrons. The number of ether oxygens (including phenoxy) is 2. The number of nitrogens with zero attached hydrogens (tertiary/aromatic N) is 1. The monoisotopic (exact) mass is 402 g/mol. The highest BCUT2D eigenvalue weighted by Gasteiger charge is 2.26. The van der Waals surface area contributed by atoms with E-state index in [9.17, 15) is 14.4 Å². The number of carbonyl (C=O) groups excluding carboxylic acids is 3. The molecular weight excluding hydrogens is 372 g/mol. The Morgan fingerprint density at radius 2 is 1.97 bits per heavy atom. The highest BCUT2D eigenvalue weighted by Crippen LogP contribution is 2.19. The first-order chi connectivity index (χ1) is 13.9. The smallest absolute Gasteiger partial charge is 0.328 e. The Morgan fingerprint density at radius 1 is 1.24 bits per heavy atom. The summed E-state index contributed by atoms with van der Waals surface area (Å²) in [6, 6.07) is 6.58. The Bertz CT molecular complexity index is 729. The van der Waals surface area contributed by atoms with E-state index in [4.69, 9.17) is 9.47 Å². The number of nitrogens with one attached hydrogen (secondary N) is 1. The summed E-state index contributed by atoms with van der Waals surface area (Å²) < 4.78 is 10.2. The first kappa shape index (κ1) is 22.5. The fourth-order valence-electron chi connectivity index (χ4n) is 3.30. The van der Waals surface area contributed by atoms with E-state index in [0.717, 1.165) is 37.0 Å². The lowest BCUT2D eigenvalue weighted by atomic mass is 10.00. The first-order valence-electron chi connectivity index (χ1n) is 10.0. The Morgan fingerprint density at radius 3 is 2.62 bits per heavy atom. The summed E-state index contributed by atoms with van der Waals surface area (Å²) in [5, 5.41) is 2.55. The van der Waals surface area contributed by atoms with Gasteiger partial charge < -0.3 is 19.7 Å². The van der Waals surface area contributed by atoms with Crippen molar-refractivity contribution >= 4 is 23.9 Å². The van der Waals surface area contributed by atoms with Crippen LogP contribution in [0.4, 0.5) is 0 Å². The van der Waals surface area contributed by atoms with Crippen molar-refractivity contribution in [2.24, 2.45) is 0 Å². The van der Waals surface area contributed by atoms with Crippen molar-refractivity contribution in [1.82, 2.24) is 10.2 Å². The molecule has 1 aliphatic heterocycles. The molecule has 0 radical (unpaired) electrons. The lowest BCUT2D eigenvalue weighted by molar-refractivity contribution is -0.155. The molecule has 2 amide bonds. The maximum absolute atomic E-state index is 12.4. The second-order valence-corrected chi connectivity index (χ2v) is 7.09. The van der Waals surface area contributed by atoms with E-state index in [-0.39, 0.29) is 18.6 Å². The van der Waals surface area contributed by atoms with Gasteiger partial charge in [0.15, 0.2) is 6.61 Å². The van der Waals surface area contributed by atoms with Crippen molar-refractivity contribution in [2.45, 2.75) is 51.6 Å². The van der Waals surface area contributed by atoms with Crippen molar-refractivity contribution in [2.75, 3.05) is 20.3 Å². The molecule has 1 aromatic carbocycles. The molecule has 29 heavy (non-hydrogen) atoms. The largest absolute Gasteiger partial charge is 0.497 e. The molecule has 2 rings (SSSR count). The zero-order valence-electron chi connectivity index (χ0n) is 17.3. The Hall–Kier alpha value is -2.83. The molecular formula is C22H30N2O5. The molecule has 1 heterocycles. The number of methoxy groups -OCH3 is 1. The third kappa shape index (κ3) is 6.93. The minimum Gasteiger partial charge on any atom is -0.497 e. The number of benzene rings is 1. The molecule has 7 heteroatoms. The lowest BCUT2D eigenvalue weighted by Crippen LogP contribution is -2.46. The minimum absolute atomic E-state index is 0.178. The van der Waals surface area contributed by atoms with E-state index in [1.165, 1.54) is 13.0 Å². The van der Waals surface area contributed by atoms with Crippen molar-refractivity contribution in [1.29, 1.82) is 0 Å². The molecule has 0 unspecified atom stereocenters. The van der Waals surface area contributed by atoms with Gasteiger partial charge in [0.1, 0.15) is 11.8 Å². The van der Waals surface area contributed by atoms with Gasteiger partial charge in [-0.05, 0) is 56.4 Å². The maximum atomic E-state index is 12.4. The van der Waals surface area contributed by atoms with Gasteiger partial charge in [-0.3, -0.25) is 9.59 Å². The molecule has 1 aliphatic rings. The predicted molar refractivity (Wildman–Crippen MR) is 110 cm³/mol. The molecule has 0 aliphatic carbocycles. The van der Waals surface area contributed by atoms with E-state index in [1.807, 2.05) is 12.1 Å². The van der Waals surface area contributed by atoms with Gasteiger partial charge in [0.25, 0.3) is 5.91 Å². The van der Waals surface area contributed by atoms with Crippen LogP contribution in [-0.4, -0.2) is 55.0 Å². The van der Waals surface area contributed by atoms with Crippen LogP contribution in [0.15, 0.2) is 30.3 Å². The fraction of sp³-hybridized carbons (Fsp3) is 0.500. The molecule has 0 saturated carbocycles. The van der Waals surface area contributed by atoms with Crippen LogP contribution in [0.1, 0.15) is 45.1 Å². The second kappa shape index (κ2) is 11.2. The summed E-state index contributed by atoms with van der Waals surface area (Å²) in [6.07, 6.45) is 6.96. The molecule has 0 aromatic heterocycles. The van der Waals surface area contributed by atoms with Crippen LogP contribution < -0.4 is 10.1 Å². The lowest BCUT2D eigenvalue weighted by Gasteiger charge is -2.35. The number of likely N-dealkylation sites (tertiary alicyclic amines) is 1.